The number of aromatic nitrogens is 1. The van der Waals surface area contributed by atoms with Crippen molar-refractivity contribution in [1.82, 2.24) is 10.1 Å². The number of hydrogen-bond acceptors (Lipinski definition) is 5. The van der Waals surface area contributed by atoms with Crippen LogP contribution >= 0.6 is 0 Å². The van der Waals surface area contributed by atoms with Gasteiger partial charge in [0.1, 0.15) is 11.3 Å². The lowest BCUT2D eigenvalue weighted by Gasteiger charge is -2.40. The topological polar surface area (TPSA) is 72.6 Å². The molecule has 1 aliphatic heterocycles. The first kappa shape index (κ1) is 16.5. The molecule has 6 heteroatoms. The normalized spacial score (nSPS) is 23.2. The average Bonchev–Trinajstić information content (AvgIpc) is 2.77. The first-order chi connectivity index (χ1) is 10.3. The predicted octanol–water partition coefficient (Wildman–Crippen LogP) is 2.63. The van der Waals surface area contributed by atoms with Gasteiger partial charge in [0, 0.05) is 12.1 Å². The van der Waals surface area contributed by atoms with Gasteiger partial charge >= 0.3 is 5.97 Å². The zero-order valence-electron chi connectivity index (χ0n) is 13.9. The van der Waals surface area contributed by atoms with Gasteiger partial charge in [0.25, 0.3) is 5.91 Å². The van der Waals surface area contributed by atoms with Gasteiger partial charge in [-0.1, -0.05) is 5.16 Å². The van der Waals surface area contributed by atoms with Crippen LogP contribution in [0.15, 0.2) is 4.52 Å². The van der Waals surface area contributed by atoms with E-state index in [0.717, 1.165) is 19.3 Å². The van der Waals surface area contributed by atoms with Crippen LogP contribution in [0.2, 0.25) is 0 Å². The Labute approximate surface area is 130 Å². The Morgan fingerprint density at radius 2 is 1.86 bits per heavy atom. The Morgan fingerprint density at radius 3 is 2.36 bits per heavy atom. The van der Waals surface area contributed by atoms with Crippen molar-refractivity contribution in [3.05, 3.63) is 17.0 Å². The number of carbonyl (C=O) groups is 2. The van der Waals surface area contributed by atoms with Gasteiger partial charge in [-0.05, 0) is 53.9 Å². The molecule has 122 valence electrons. The number of ether oxygens (including phenoxy) is 1. The standard InChI is InChI=1S/C16H24N2O4/c1-9-7-6-8-10(2)18(9)15(19)13(5)21-16(20)14-11(3)17-22-12(14)4/h9-10,13H,6-8H2,1-5H3/t9-,10-,13-/m0/s1. The Balaban J connectivity index is 2.06. The summed E-state index contributed by atoms with van der Waals surface area (Å²) < 4.78 is 10.3. The molecular weight excluding hydrogens is 284 g/mol. The molecule has 1 amide bonds. The highest BCUT2D eigenvalue weighted by atomic mass is 16.5. The van der Waals surface area contributed by atoms with Gasteiger partial charge in [-0.2, -0.15) is 0 Å². The summed E-state index contributed by atoms with van der Waals surface area (Å²) in [6.07, 6.45) is 2.28. The van der Waals surface area contributed by atoms with Crippen molar-refractivity contribution < 1.29 is 18.8 Å². The summed E-state index contributed by atoms with van der Waals surface area (Å²) in [5.74, 6) is -0.295. The number of likely N-dealkylation sites (tertiary alicyclic amines) is 1. The van der Waals surface area contributed by atoms with Crippen LogP contribution in [0.3, 0.4) is 0 Å². The van der Waals surface area contributed by atoms with E-state index in [1.54, 1.807) is 20.8 Å². The lowest BCUT2D eigenvalue weighted by atomic mass is 9.97. The molecule has 0 unspecified atom stereocenters. The van der Waals surface area contributed by atoms with Crippen molar-refractivity contribution in [2.24, 2.45) is 0 Å². The summed E-state index contributed by atoms with van der Waals surface area (Å²) in [6, 6.07) is 0.355. The molecule has 0 aliphatic carbocycles. The second-order valence-electron chi connectivity index (χ2n) is 6.12. The SMILES string of the molecule is Cc1noc(C)c1C(=O)O[C@@H](C)C(=O)N1[C@@H](C)CCC[C@@H]1C. The molecule has 3 atom stereocenters. The van der Waals surface area contributed by atoms with E-state index < -0.39 is 12.1 Å². The van der Waals surface area contributed by atoms with Crippen molar-refractivity contribution in [2.75, 3.05) is 0 Å². The van der Waals surface area contributed by atoms with E-state index in [0.29, 0.717) is 17.0 Å². The lowest BCUT2D eigenvalue weighted by molar-refractivity contribution is -0.146. The molecule has 0 N–H and O–H groups in total. The van der Waals surface area contributed by atoms with Crippen LogP contribution in [0, 0.1) is 13.8 Å². The van der Waals surface area contributed by atoms with Gasteiger partial charge in [-0.25, -0.2) is 4.79 Å². The highest BCUT2D eigenvalue weighted by Crippen LogP contribution is 2.24. The van der Waals surface area contributed by atoms with Crippen LogP contribution < -0.4 is 0 Å². The van der Waals surface area contributed by atoms with Gasteiger partial charge in [0.15, 0.2) is 6.10 Å². The fourth-order valence-electron chi connectivity index (χ4n) is 3.11. The Kier molecular flexibility index (Phi) is 4.88. The highest BCUT2D eigenvalue weighted by Gasteiger charge is 2.34. The number of esters is 1. The molecule has 0 saturated carbocycles. The second-order valence-corrected chi connectivity index (χ2v) is 6.12. The summed E-state index contributed by atoms with van der Waals surface area (Å²) in [5, 5.41) is 3.73. The minimum Gasteiger partial charge on any atom is -0.449 e. The second kappa shape index (κ2) is 6.50. The summed E-state index contributed by atoms with van der Waals surface area (Å²) in [5.41, 5.74) is 0.779. The minimum atomic E-state index is -0.816. The number of carbonyl (C=O) groups excluding carboxylic acids is 2. The van der Waals surface area contributed by atoms with Crippen molar-refractivity contribution in [3.63, 3.8) is 0 Å². The van der Waals surface area contributed by atoms with E-state index >= 15 is 0 Å². The summed E-state index contributed by atoms with van der Waals surface area (Å²) in [6.45, 7) is 9.02. The van der Waals surface area contributed by atoms with Gasteiger partial charge in [0.2, 0.25) is 0 Å². The number of piperidine rings is 1. The molecular formula is C16H24N2O4. The molecule has 22 heavy (non-hydrogen) atoms. The lowest BCUT2D eigenvalue weighted by Crippen LogP contribution is -2.51. The zero-order valence-corrected chi connectivity index (χ0v) is 13.9. The molecule has 1 fully saturated rings. The molecule has 6 nitrogen and oxygen atoms in total. The van der Waals surface area contributed by atoms with Crippen molar-refractivity contribution in [2.45, 2.75) is 72.1 Å². The van der Waals surface area contributed by atoms with Crippen LogP contribution in [-0.4, -0.2) is 40.1 Å². The van der Waals surface area contributed by atoms with Gasteiger partial charge in [-0.3, -0.25) is 4.79 Å². The summed E-state index contributed by atoms with van der Waals surface area (Å²) in [7, 11) is 0. The number of hydrogen-bond donors (Lipinski definition) is 0. The monoisotopic (exact) mass is 308 g/mol. The number of aryl methyl sites for hydroxylation is 2. The van der Waals surface area contributed by atoms with Crippen LogP contribution in [-0.2, 0) is 9.53 Å². The fraction of sp³-hybridized carbons (Fsp3) is 0.688. The van der Waals surface area contributed by atoms with Gasteiger partial charge in [0.05, 0.1) is 5.69 Å². The third-order valence-electron chi connectivity index (χ3n) is 4.32. The van der Waals surface area contributed by atoms with Gasteiger partial charge in [-0.15, -0.1) is 0 Å². The Bertz CT molecular complexity index is 537. The van der Waals surface area contributed by atoms with E-state index in [1.807, 2.05) is 18.7 Å². The first-order valence-corrected chi connectivity index (χ1v) is 7.79. The maximum atomic E-state index is 12.6. The largest absolute Gasteiger partial charge is 0.449 e. The first-order valence-electron chi connectivity index (χ1n) is 7.79. The van der Waals surface area contributed by atoms with Crippen LogP contribution in [0.5, 0.6) is 0 Å². The maximum Gasteiger partial charge on any atom is 0.344 e. The van der Waals surface area contributed by atoms with Crippen molar-refractivity contribution in [3.8, 4) is 0 Å². The summed E-state index contributed by atoms with van der Waals surface area (Å²) >= 11 is 0. The molecule has 0 aromatic carbocycles. The highest BCUT2D eigenvalue weighted by molar-refractivity contribution is 5.93. The molecule has 1 aliphatic rings. The number of rotatable bonds is 3. The quantitative estimate of drug-likeness (QED) is 0.803. The third-order valence-corrected chi connectivity index (χ3v) is 4.32. The smallest absolute Gasteiger partial charge is 0.344 e. The molecule has 0 radical (unpaired) electrons. The van der Waals surface area contributed by atoms with E-state index in [4.69, 9.17) is 9.26 Å². The molecule has 0 spiro atoms. The van der Waals surface area contributed by atoms with Gasteiger partial charge < -0.3 is 14.2 Å². The van der Waals surface area contributed by atoms with E-state index in [9.17, 15) is 9.59 Å². The predicted molar refractivity (Wildman–Crippen MR) is 80.5 cm³/mol. The van der Waals surface area contributed by atoms with E-state index in [-0.39, 0.29) is 18.0 Å². The zero-order chi connectivity index (χ0) is 16.4. The van der Waals surface area contributed by atoms with E-state index in [2.05, 4.69) is 5.16 Å². The molecule has 1 saturated heterocycles. The molecule has 0 bridgehead atoms. The molecule has 1 aromatic rings. The van der Waals surface area contributed by atoms with E-state index in [1.165, 1.54) is 0 Å². The molecule has 2 heterocycles. The fourth-order valence-corrected chi connectivity index (χ4v) is 3.11. The number of amides is 1. The molecule has 1 aromatic heterocycles. The maximum absolute atomic E-state index is 12.6. The molecule has 2 rings (SSSR count). The average molecular weight is 308 g/mol. The van der Waals surface area contributed by atoms with Crippen LogP contribution in [0.25, 0.3) is 0 Å². The minimum absolute atomic E-state index is 0.139. The van der Waals surface area contributed by atoms with Crippen molar-refractivity contribution in [1.29, 1.82) is 0 Å². The van der Waals surface area contributed by atoms with Crippen LogP contribution in [0.4, 0.5) is 0 Å². The number of nitrogens with zero attached hydrogens (tertiary/aromatic N) is 2. The van der Waals surface area contributed by atoms with Crippen LogP contribution in [0.1, 0.15) is 61.8 Å². The Morgan fingerprint density at radius 1 is 1.27 bits per heavy atom. The third kappa shape index (κ3) is 3.15. The summed E-state index contributed by atoms with van der Waals surface area (Å²) in [4.78, 5) is 26.7. The Hall–Kier alpha value is -1.85. The van der Waals surface area contributed by atoms with Crippen molar-refractivity contribution >= 4 is 11.9 Å².